The zero-order valence-electron chi connectivity index (χ0n) is 51.5. The molecule has 2 heterocycles. The Morgan fingerprint density at radius 1 is 0.475 bits per heavy atom. The maximum atomic E-state index is 12.7. The monoisotopic (exact) mass is 1220 g/mol. The Hall–Kier alpha value is -1.63. The molecule has 0 unspecified atom stereocenters. The Bertz CT molecular complexity index is 1780. The quantitative estimate of drug-likeness (QED) is 0.0327. The van der Waals surface area contributed by atoms with Crippen LogP contribution < -0.4 is 0 Å². The summed E-state index contributed by atoms with van der Waals surface area (Å²) < 4.78 is 38.7. The van der Waals surface area contributed by atoms with E-state index in [0.29, 0.717) is 103 Å². The minimum Gasteiger partial charge on any atom is -0.396 e. The van der Waals surface area contributed by atoms with Gasteiger partial charge in [0.2, 0.25) is 0 Å². The fraction of sp³-hybridized carbons (Fsp3) is 0.864. The Balaban J connectivity index is 0.00000152. The number of carbonyl (C=O) groups excluding carboxylic acids is 8. The van der Waals surface area contributed by atoms with Crippen LogP contribution in [0.3, 0.4) is 0 Å². The third-order valence-electron chi connectivity index (χ3n) is 13.7. The molecule has 0 bridgehead atoms. The molecule has 0 amide bonds. The molecule has 2 aliphatic rings. The van der Waals surface area contributed by atoms with Crippen LogP contribution in [0.2, 0.25) is 0 Å². The minimum absolute atomic E-state index is 0.0425. The summed E-state index contributed by atoms with van der Waals surface area (Å²) in [5, 5.41) is 38.4. The van der Waals surface area contributed by atoms with Gasteiger partial charge in [0.1, 0.15) is 47.5 Å². The number of alkyl halides is 1. The molecule has 2 saturated heterocycles. The molecule has 0 saturated carbocycles. The summed E-state index contributed by atoms with van der Waals surface area (Å²) in [6.07, 6.45) is 5.90. The standard InChI is InChI=1S/C32H54O8S2.C26H46O8S2.CH3F/c1-29(2)21-37-31(5,6)39-27(29)25(35)17-9-13-23(33)15-11-19-41-42-20-12-16-24(34)14-10-18-26(36)28-30(3,4)22-38-32(7,8)40-28;1-25(2,17-27)23(33)21(31)13-5-9-19(29)11-7-15-35-36-16-8-12-20(30)10-6-14-22(32)24(34)26(3,4)18-28;1-2/h27-28H,9-22H2,1-8H3;23-24,27-28,33-34H,5-18H2,1-4H3;1H3/t27-,28-;23-,24-;/m00./s1/i;;1D. The van der Waals surface area contributed by atoms with E-state index >= 15 is 0 Å². The van der Waals surface area contributed by atoms with Crippen LogP contribution in [0, 0.1) is 21.7 Å². The number of halogens is 1. The highest BCUT2D eigenvalue weighted by atomic mass is 33.1. The van der Waals surface area contributed by atoms with Gasteiger partial charge in [-0.05, 0) is 79.1 Å². The number of Topliss-reactive ketones (excluding diaryl/α,β-unsaturated/α-hetero) is 8. The molecule has 4 atom stereocenters. The molecule has 0 aromatic heterocycles. The Morgan fingerprint density at radius 3 is 0.963 bits per heavy atom. The fourth-order valence-corrected chi connectivity index (χ4v) is 12.6. The van der Waals surface area contributed by atoms with Gasteiger partial charge in [-0.25, -0.2) is 0 Å². The highest BCUT2D eigenvalue weighted by molar-refractivity contribution is 8.77. The van der Waals surface area contributed by atoms with Crippen molar-refractivity contribution in [2.24, 2.45) is 21.7 Å². The predicted molar refractivity (Wildman–Crippen MR) is 320 cm³/mol. The van der Waals surface area contributed by atoms with Gasteiger partial charge < -0.3 is 39.4 Å². The molecule has 0 spiro atoms. The number of ether oxygens (including phenoxy) is 4. The van der Waals surface area contributed by atoms with Crippen LogP contribution in [0.25, 0.3) is 0 Å². The minimum atomic E-state index is -1.23. The van der Waals surface area contributed by atoms with Gasteiger partial charge in [0.25, 0.3) is 0 Å². The lowest BCUT2D eigenvalue weighted by atomic mass is 9.82. The van der Waals surface area contributed by atoms with Crippen LogP contribution in [-0.2, 0) is 57.3 Å². The van der Waals surface area contributed by atoms with Crippen LogP contribution in [0.15, 0.2) is 0 Å². The summed E-state index contributed by atoms with van der Waals surface area (Å²) in [5.74, 6) is 1.85. The molecular weight excluding hydrogens is 1110 g/mol. The Morgan fingerprint density at radius 2 is 0.713 bits per heavy atom. The molecule has 2 aliphatic heterocycles. The van der Waals surface area contributed by atoms with E-state index in [1.807, 2.05) is 55.4 Å². The smallest absolute Gasteiger partial charge is 0.163 e. The summed E-state index contributed by atoms with van der Waals surface area (Å²) in [4.78, 5) is 97.9. The van der Waals surface area contributed by atoms with E-state index in [9.17, 15) is 63.2 Å². The van der Waals surface area contributed by atoms with Crippen molar-refractivity contribution >= 4 is 89.4 Å². The van der Waals surface area contributed by atoms with Gasteiger partial charge >= 0.3 is 0 Å². The molecule has 466 valence electrons. The van der Waals surface area contributed by atoms with E-state index in [2.05, 4.69) is 0 Å². The summed E-state index contributed by atoms with van der Waals surface area (Å²) in [6, 6.07) is 0. The van der Waals surface area contributed by atoms with Crippen molar-refractivity contribution in [2.45, 2.75) is 247 Å². The SMILES string of the molecule is CC(C)(CO)[C@@H](O)C(=O)CCCC(=O)CCCSSCCCC(=O)CCCC(=O)[C@H](O)C(C)(C)CO.CC1(C)OCC(C)(C)[C@H](C(=O)CCCC(=O)CCCSSCCCC(=O)CCCC(=O)[C@@H]2OC(C)(C)OCC2(C)C)O1.[2H]CF. The predicted octanol–water partition coefficient (Wildman–Crippen LogP) is 10.8. The Labute approximate surface area is 496 Å². The lowest BCUT2D eigenvalue weighted by molar-refractivity contribution is -0.303. The topological polar surface area (TPSA) is 254 Å². The van der Waals surface area contributed by atoms with Gasteiger partial charge in [-0.1, -0.05) is 98.6 Å². The average Bonchev–Trinajstić information content (AvgIpc) is 3.39. The van der Waals surface area contributed by atoms with Crippen LogP contribution in [0.5, 0.6) is 0 Å². The lowest BCUT2D eigenvalue weighted by Gasteiger charge is -2.45. The normalized spacial score (nSPS) is 19.2. The van der Waals surface area contributed by atoms with Crippen molar-refractivity contribution in [1.29, 1.82) is 0 Å². The van der Waals surface area contributed by atoms with Crippen LogP contribution in [0.4, 0.5) is 4.39 Å². The molecule has 0 aliphatic carbocycles. The zero-order chi connectivity index (χ0) is 62.1. The fourth-order valence-electron chi connectivity index (χ4n) is 8.30. The average molecular weight is 1220 g/mol. The van der Waals surface area contributed by atoms with E-state index in [1.54, 1.807) is 70.9 Å². The number of hydrogen-bond acceptors (Lipinski definition) is 20. The van der Waals surface area contributed by atoms with Crippen molar-refractivity contribution in [1.82, 2.24) is 0 Å². The van der Waals surface area contributed by atoms with E-state index < -0.39 is 54.0 Å². The summed E-state index contributed by atoms with van der Waals surface area (Å²) in [6.45, 7) is 22.0. The van der Waals surface area contributed by atoms with Gasteiger partial charge in [0.15, 0.2) is 34.7 Å². The second-order valence-corrected chi connectivity index (χ2v) is 30.0. The highest BCUT2D eigenvalue weighted by Crippen LogP contribution is 2.38. The highest BCUT2D eigenvalue weighted by Gasteiger charge is 2.46. The van der Waals surface area contributed by atoms with E-state index in [0.717, 1.165) is 48.7 Å². The van der Waals surface area contributed by atoms with Crippen LogP contribution in [-0.4, -0.2) is 159 Å². The Kier molecular flexibility index (Phi) is 38.1. The lowest BCUT2D eigenvalue weighted by Crippen LogP contribution is -2.53. The molecule has 0 radical (unpaired) electrons. The van der Waals surface area contributed by atoms with Crippen molar-refractivity contribution in [3.05, 3.63) is 0 Å². The maximum absolute atomic E-state index is 12.7. The molecule has 0 aromatic rings. The van der Waals surface area contributed by atoms with Crippen molar-refractivity contribution in [2.75, 3.05) is 56.6 Å². The number of hydrogen-bond donors (Lipinski definition) is 4. The second kappa shape index (κ2) is 39.9. The van der Waals surface area contributed by atoms with Gasteiger partial charge in [-0.2, -0.15) is 0 Å². The van der Waals surface area contributed by atoms with E-state index in [-0.39, 0.29) is 83.2 Å². The van der Waals surface area contributed by atoms with E-state index in [4.69, 9.17) is 20.3 Å². The first-order valence-corrected chi connectivity index (χ1v) is 33.3. The molecule has 80 heavy (non-hydrogen) atoms. The first kappa shape index (κ1) is 76.4. The molecule has 21 heteroatoms. The molecule has 0 aromatic carbocycles. The molecule has 4 N–H and O–H groups in total. The van der Waals surface area contributed by atoms with Crippen LogP contribution in [0.1, 0.15) is 213 Å². The first-order chi connectivity index (χ1) is 37.6. The zero-order valence-corrected chi connectivity index (χ0v) is 53.8. The first-order valence-electron chi connectivity index (χ1n) is 29.1. The van der Waals surface area contributed by atoms with Crippen molar-refractivity contribution in [3.63, 3.8) is 0 Å². The van der Waals surface area contributed by atoms with E-state index in [1.165, 1.54) is 0 Å². The molecular formula is C59H103FO16S4. The number of aliphatic hydroxyl groups excluding tert-OH is 4. The second-order valence-electron chi connectivity index (χ2n) is 24.6. The van der Waals surface area contributed by atoms with Gasteiger partial charge in [-0.3, -0.25) is 42.7 Å². The summed E-state index contributed by atoms with van der Waals surface area (Å²) >= 11 is 0. The van der Waals surface area contributed by atoms with Crippen molar-refractivity contribution in [3.8, 4) is 0 Å². The largest absolute Gasteiger partial charge is 0.396 e. The molecule has 2 fully saturated rings. The third-order valence-corrected chi connectivity index (χ3v) is 18.9. The number of carbonyl (C=O) groups is 8. The molecule has 16 nitrogen and oxygen atoms in total. The number of aliphatic hydroxyl groups is 4. The van der Waals surface area contributed by atoms with Gasteiger partial charge in [0, 0.05) is 122 Å². The van der Waals surface area contributed by atoms with Gasteiger partial charge in [-0.15, -0.1) is 0 Å². The number of ketones is 8. The summed E-state index contributed by atoms with van der Waals surface area (Å²) in [5.41, 5.74) is -2.52. The summed E-state index contributed by atoms with van der Waals surface area (Å²) in [7, 11) is 5.79. The number of rotatable bonds is 42. The third kappa shape index (κ3) is 33.2. The van der Waals surface area contributed by atoms with Crippen molar-refractivity contribution < 1.29 is 83.5 Å². The molecule has 2 rings (SSSR count). The van der Waals surface area contributed by atoms with Crippen LogP contribution >= 0.6 is 43.2 Å². The maximum Gasteiger partial charge on any atom is 0.163 e. The van der Waals surface area contributed by atoms with Gasteiger partial charge in [0.05, 0.1) is 35.0 Å².